The van der Waals surface area contributed by atoms with Crippen molar-refractivity contribution in [1.29, 1.82) is 0 Å². The molecule has 1 N–H and O–H groups in total. The van der Waals surface area contributed by atoms with E-state index in [0.29, 0.717) is 6.42 Å². The molecule has 1 aliphatic rings. The zero-order valence-corrected chi connectivity index (χ0v) is 9.94. The van der Waals surface area contributed by atoms with E-state index < -0.39 is 0 Å². The molecule has 1 saturated heterocycles. The fourth-order valence-electron chi connectivity index (χ4n) is 1.96. The van der Waals surface area contributed by atoms with E-state index in [1.807, 2.05) is 19.0 Å². The van der Waals surface area contributed by atoms with Gasteiger partial charge in [-0.25, -0.2) is 0 Å². The van der Waals surface area contributed by atoms with Crippen molar-refractivity contribution in [3.05, 3.63) is 0 Å². The van der Waals surface area contributed by atoms with Gasteiger partial charge in [0.1, 0.15) is 0 Å². The zero-order valence-electron chi connectivity index (χ0n) is 9.94. The van der Waals surface area contributed by atoms with Crippen molar-refractivity contribution in [3.8, 4) is 0 Å². The molecular weight excluding hydrogens is 192 g/mol. The standard InChI is InChI=1S/C11H22N2O2/c1-9(4-5-12(2)3)13-7-10(8-14)6-11(13)15/h9-10,14H,4-8H2,1-3H3. The Labute approximate surface area is 91.9 Å². The highest BCUT2D eigenvalue weighted by molar-refractivity contribution is 5.78. The number of amides is 1. The Bertz CT molecular complexity index is 219. The highest BCUT2D eigenvalue weighted by atomic mass is 16.3. The Morgan fingerprint density at radius 3 is 2.73 bits per heavy atom. The van der Waals surface area contributed by atoms with Gasteiger partial charge in [-0.3, -0.25) is 4.79 Å². The van der Waals surface area contributed by atoms with E-state index in [-0.39, 0.29) is 24.5 Å². The van der Waals surface area contributed by atoms with E-state index in [9.17, 15) is 4.79 Å². The van der Waals surface area contributed by atoms with Crippen LogP contribution in [0.1, 0.15) is 19.8 Å². The van der Waals surface area contributed by atoms with Crippen molar-refractivity contribution < 1.29 is 9.90 Å². The first-order valence-corrected chi connectivity index (χ1v) is 5.59. The van der Waals surface area contributed by atoms with Crippen LogP contribution in [0.5, 0.6) is 0 Å². The summed E-state index contributed by atoms with van der Waals surface area (Å²) in [5.41, 5.74) is 0. The zero-order chi connectivity index (χ0) is 11.4. The number of aliphatic hydroxyl groups is 1. The van der Waals surface area contributed by atoms with E-state index in [1.54, 1.807) is 0 Å². The monoisotopic (exact) mass is 214 g/mol. The minimum absolute atomic E-state index is 0.128. The van der Waals surface area contributed by atoms with Gasteiger partial charge in [0.05, 0.1) is 0 Å². The Morgan fingerprint density at radius 1 is 1.60 bits per heavy atom. The summed E-state index contributed by atoms with van der Waals surface area (Å²) < 4.78 is 0. The third-order valence-corrected chi connectivity index (χ3v) is 3.02. The molecular formula is C11H22N2O2. The summed E-state index contributed by atoms with van der Waals surface area (Å²) in [7, 11) is 4.07. The van der Waals surface area contributed by atoms with Crippen molar-refractivity contribution in [1.82, 2.24) is 9.80 Å². The summed E-state index contributed by atoms with van der Waals surface area (Å²) >= 11 is 0. The van der Waals surface area contributed by atoms with Crippen LogP contribution < -0.4 is 0 Å². The lowest BCUT2D eigenvalue weighted by atomic mass is 10.1. The van der Waals surface area contributed by atoms with Crippen LogP contribution in [0.2, 0.25) is 0 Å². The quantitative estimate of drug-likeness (QED) is 0.709. The van der Waals surface area contributed by atoms with E-state index >= 15 is 0 Å². The number of carbonyl (C=O) groups excluding carboxylic acids is 1. The molecule has 1 aliphatic heterocycles. The van der Waals surface area contributed by atoms with Gasteiger partial charge in [-0.05, 0) is 34.0 Å². The number of carbonyl (C=O) groups is 1. The summed E-state index contributed by atoms with van der Waals surface area (Å²) in [5.74, 6) is 0.347. The molecule has 4 nitrogen and oxygen atoms in total. The molecule has 4 heteroatoms. The number of hydrogen-bond acceptors (Lipinski definition) is 3. The minimum Gasteiger partial charge on any atom is -0.396 e. The summed E-state index contributed by atoms with van der Waals surface area (Å²) in [6.45, 7) is 3.93. The molecule has 1 fully saturated rings. The number of nitrogens with zero attached hydrogens (tertiary/aromatic N) is 2. The molecule has 0 aromatic rings. The SMILES string of the molecule is CC(CCN(C)C)N1CC(CO)CC1=O. The van der Waals surface area contributed by atoms with Gasteiger partial charge in [0.15, 0.2) is 0 Å². The van der Waals surface area contributed by atoms with E-state index in [2.05, 4.69) is 11.8 Å². The van der Waals surface area contributed by atoms with Crippen LogP contribution >= 0.6 is 0 Å². The smallest absolute Gasteiger partial charge is 0.223 e. The molecule has 1 amide bonds. The normalized spacial score (nSPS) is 23.9. The van der Waals surface area contributed by atoms with Gasteiger partial charge in [0.2, 0.25) is 5.91 Å². The van der Waals surface area contributed by atoms with Crippen molar-refractivity contribution in [2.75, 3.05) is 33.8 Å². The lowest BCUT2D eigenvalue weighted by Crippen LogP contribution is -2.36. The molecule has 0 radical (unpaired) electrons. The summed E-state index contributed by atoms with van der Waals surface area (Å²) in [6.07, 6.45) is 1.51. The summed E-state index contributed by atoms with van der Waals surface area (Å²) in [6, 6.07) is 0.288. The molecule has 0 bridgehead atoms. The second-order valence-corrected chi connectivity index (χ2v) is 4.74. The maximum Gasteiger partial charge on any atom is 0.223 e. The predicted molar refractivity (Wildman–Crippen MR) is 59.5 cm³/mol. The van der Waals surface area contributed by atoms with E-state index in [4.69, 9.17) is 5.11 Å². The predicted octanol–water partition coefficient (Wildman–Crippen LogP) is 0.167. The van der Waals surface area contributed by atoms with Crippen LogP contribution in [0, 0.1) is 5.92 Å². The third-order valence-electron chi connectivity index (χ3n) is 3.02. The van der Waals surface area contributed by atoms with Gasteiger partial charge >= 0.3 is 0 Å². The number of aliphatic hydroxyl groups excluding tert-OH is 1. The number of hydrogen-bond donors (Lipinski definition) is 1. The minimum atomic E-state index is 0.128. The Hall–Kier alpha value is -0.610. The van der Waals surface area contributed by atoms with Crippen molar-refractivity contribution in [2.45, 2.75) is 25.8 Å². The molecule has 0 aromatic heterocycles. The average molecular weight is 214 g/mol. The van der Waals surface area contributed by atoms with Crippen LogP contribution in [0.25, 0.3) is 0 Å². The van der Waals surface area contributed by atoms with Crippen LogP contribution in [0.3, 0.4) is 0 Å². The lowest BCUT2D eigenvalue weighted by Gasteiger charge is -2.25. The Kier molecular flexibility index (Phi) is 4.54. The largest absolute Gasteiger partial charge is 0.396 e. The van der Waals surface area contributed by atoms with Crippen molar-refractivity contribution in [2.24, 2.45) is 5.92 Å². The van der Waals surface area contributed by atoms with Crippen LogP contribution in [-0.4, -0.2) is 60.6 Å². The van der Waals surface area contributed by atoms with Gasteiger partial charge in [0.25, 0.3) is 0 Å². The Morgan fingerprint density at radius 2 is 2.27 bits per heavy atom. The summed E-state index contributed by atoms with van der Waals surface area (Å²) in [4.78, 5) is 15.7. The van der Waals surface area contributed by atoms with Crippen molar-refractivity contribution >= 4 is 5.91 Å². The second-order valence-electron chi connectivity index (χ2n) is 4.74. The molecule has 88 valence electrons. The maximum absolute atomic E-state index is 11.6. The van der Waals surface area contributed by atoms with Gasteiger partial charge in [0, 0.05) is 31.5 Å². The fraction of sp³-hybridized carbons (Fsp3) is 0.909. The van der Waals surface area contributed by atoms with E-state index in [1.165, 1.54) is 0 Å². The molecule has 0 saturated carbocycles. The van der Waals surface area contributed by atoms with Crippen LogP contribution in [0.4, 0.5) is 0 Å². The van der Waals surface area contributed by atoms with Gasteiger partial charge in [-0.1, -0.05) is 0 Å². The first kappa shape index (κ1) is 12.5. The topological polar surface area (TPSA) is 43.8 Å². The Balaban J connectivity index is 2.39. The van der Waals surface area contributed by atoms with Gasteiger partial charge in [-0.15, -0.1) is 0 Å². The highest BCUT2D eigenvalue weighted by Gasteiger charge is 2.31. The van der Waals surface area contributed by atoms with Gasteiger partial charge < -0.3 is 14.9 Å². The number of likely N-dealkylation sites (tertiary alicyclic amines) is 1. The molecule has 15 heavy (non-hydrogen) atoms. The lowest BCUT2D eigenvalue weighted by molar-refractivity contribution is -0.129. The fourth-order valence-corrected chi connectivity index (χ4v) is 1.96. The third kappa shape index (κ3) is 3.47. The molecule has 0 aromatic carbocycles. The molecule has 0 aliphatic carbocycles. The van der Waals surface area contributed by atoms with Crippen LogP contribution in [-0.2, 0) is 4.79 Å². The molecule has 2 atom stereocenters. The molecule has 1 rings (SSSR count). The number of rotatable bonds is 5. The maximum atomic E-state index is 11.6. The molecule has 2 unspecified atom stereocenters. The van der Waals surface area contributed by atoms with Crippen LogP contribution in [0.15, 0.2) is 0 Å². The molecule has 0 spiro atoms. The van der Waals surface area contributed by atoms with Gasteiger partial charge in [-0.2, -0.15) is 0 Å². The van der Waals surface area contributed by atoms with Crippen molar-refractivity contribution in [3.63, 3.8) is 0 Å². The average Bonchev–Trinajstić information content (AvgIpc) is 2.56. The molecule has 1 heterocycles. The summed E-state index contributed by atoms with van der Waals surface area (Å²) in [5, 5.41) is 9.01. The first-order chi connectivity index (χ1) is 7.04. The highest BCUT2D eigenvalue weighted by Crippen LogP contribution is 2.20. The second kappa shape index (κ2) is 5.47. The first-order valence-electron chi connectivity index (χ1n) is 5.59. The van der Waals surface area contributed by atoms with E-state index in [0.717, 1.165) is 19.5 Å².